The van der Waals surface area contributed by atoms with E-state index >= 15 is 0 Å². The molecule has 0 aromatic heterocycles. The van der Waals surface area contributed by atoms with Crippen LogP contribution in [0.4, 0.5) is 13.2 Å². The average molecular weight is 287 g/mol. The van der Waals surface area contributed by atoms with Crippen LogP contribution >= 0.6 is 0 Å². The highest BCUT2D eigenvalue weighted by Gasteiger charge is 2.33. The van der Waals surface area contributed by atoms with Gasteiger partial charge >= 0.3 is 6.18 Å². The highest BCUT2D eigenvalue weighted by atomic mass is 19.4. The van der Waals surface area contributed by atoms with E-state index in [1.54, 1.807) is 24.3 Å². The normalized spacial score (nSPS) is 15.9. The second-order valence-electron chi connectivity index (χ2n) is 6.46. The summed E-state index contributed by atoms with van der Waals surface area (Å²) < 4.78 is 38.1. The van der Waals surface area contributed by atoms with Crippen molar-refractivity contribution in [3.63, 3.8) is 0 Å². The fourth-order valence-corrected chi connectivity index (χ4v) is 1.85. The molecule has 0 spiro atoms. The maximum atomic E-state index is 12.7. The molecule has 0 aliphatic heterocycles. The van der Waals surface area contributed by atoms with Crippen LogP contribution in [0.2, 0.25) is 0 Å². The first-order valence-corrected chi connectivity index (χ1v) is 6.94. The number of nitrogens with one attached hydrogen (secondary N) is 1. The van der Waals surface area contributed by atoms with Crippen molar-refractivity contribution in [2.24, 2.45) is 11.3 Å². The minimum absolute atomic E-state index is 0.0759. The van der Waals surface area contributed by atoms with Crippen molar-refractivity contribution < 1.29 is 13.2 Å². The molecule has 0 aliphatic carbocycles. The maximum absolute atomic E-state index is 12.7. The lowest BCUT2D eigenvalue weighted by atomic mass is 9.82. The summed E-state index contributed by atoms with van der Waals surface area (Å²) in [6, 6.07) is 8.16. The predicted octanol–water partition coefficient (Wildman–Crippen LogP) is 4.95. The molecule has 2 atom stereocenters. The van der Waals surface area contributed by atoms with E-state index < -0.39 is 18.6 Å². The van der Waals surface area contributed by atoms with E-state index in [1.165, 1.54) is 0 Å². The highest BCUT2D eigenvalue weighted by molar-refractivity contribution is 5.19. The van der Waals surface area contributed by atoms with Gasteiger partial charge in [0, 0.05) is 6.04 Å². The quantitative estimate of drug-likeness (QED) is 0.807. The standard InChI is InChI=1S/C16H24F3N/c1-12(15(2,3)4)11-20-14(10-16(17,18)19)13-8-6-5-7-9-13/h5-9,12,14,20H,10-11H2,1-4H3. The lowest BCUT2D eigenvalue weighted by molar-refractivity contribution is -0.140. The molecule has 1 N–H and O–H groups in total. The lowest BCUT2D eigenvalue weighted by Gasteiger charge is -2.30. The number of rotatable bonds is 5. The third-order valence-corrected chi connectivity index (χ3v) is 3.79. The zero-order valence-corrected chi connectivity index (χ0v) is 12.6. The van der Waals surface area contributed by atoms with E-state index in [-0.39, 0.29) is 5.41 Å². The Balaban J connectivity index is 2.75. The van der Waals surface area contributed by atoms with Crippen LogP contribution in [0.5, 0.6) is 0 Å². The summed E-state index contributed by atoms with van der Waals surface area (Å²) in [4.78, 5) is 0. The molecule has 0 aliphatic rings. The van der Waals surface area contributed by atoms with Gasteiger partial charge < -0.3 is 5.32 Å². The van der Waals surface area contributed by atoms with E-state index in [1.807, 2.05) is 6.07 Å². The number of halogens is 3. The van der Waals surface area contributed by atoms with E-state index in [0.29, 0.717) is 18.0 Å². The van der Waals surface area contributed by atoms with Gasteiger partial charge in [0.15, 0.2) is 0 Å². The fourth-order valence-electron chi connectivity index (χ4n) is 1.85. The van der Waals surface area contributed by atoms with Crippen LogP contribution in [-0.2, 0) is 0 Å². The van der Waals surface area contributed by atoms with Crippen molar-refractivity contribution in [3.8, 4) is 0 Å². The van der Waals surface area contributed by atoms with Gasteiger partial charge in [0.2, 0.25) is 0 Å². The van der Waals surface area contributed by atoms with Crippen molar-refractivity contribution in [1.29, 1.82) is 0 Å². The molecule has 0 saturated heterocycles. The molecule has 0 radical (unpaired) electrons. The maximum Gasteiger partial charge on any atom is 0.390 e. The highest BCUT2D eigenvalue weighted by Crippen LogP contribution is 2.31. The average Bonchev–Trinajstić information content (AvgIpc) is 2.32. The van der Waals surface area contributed by atoms with Gasteiger partial charge in [-0.15, -0.1) is 0 Å². The first-order chi connectivity index (χ1) is 9.09. The number of benzene rings is 1. The van der Waals surface area contributed by atoms with Crippen LogP contribution in [0.3, 0.4) is 0 Å². The van der Waals surface area contributed by atoms with Crippen molar-refractivity contribution in [2.75, 3.05) is 6.54 Å². The van der Waals surface area contributed by atoms with Gasteiger partial charge in [-0.25, -0.2) is 0 Å². The lowest BCUT2D eigenvalue weighted by Crippen LogP contribution is -2.34. The molecule has 114 valence electrons. The Morgan fingerprint density at radius 3 is 2.05 bits per heavy atom. The Bertz CT molecular complexity index is 392. The monoisotopic (exact) mass is 287 g/mol. The van der Waals surface area contributed by atoms with Crippen molar-refractivity contribution in [1.82, 2.24) is 5.32 Å². The summed E-state index contributed by atoms with van der Waals surface area (Å²) in [6.07, 6.45) is -5.01. The fraction of sp³-hybridized carbons (Fsp3) is 0.625. The molecule has 0 heterocycles. The summed E-state index contributed by atoms with van der Waals surface area (Å²) in [6.45, 7) is 8.92. The minimum Gasteiger partial charge on any atom is -0.309 e. The Hall–Kier alpha value is -1.03. The number of alkyl halides is 3. The molecule has 0 fully saturated rings. The smallest absolute Gasteiger partial charge is 0.309 e. The van der Waals surface area contributed by atoms with Gasteiger partial charge in [-0.05, 0) is 23.4 Å². The minimum atomic E-state index is -4.17. The first kappa shape index (κ1) is 17.0. The van der Waals surface area contributed by atoms with Crippen LogP contribution in [0.15, 0.2) is 30.3 Å². The molecule has 4 heteroatoms. The van der Waals surface area contributed by atoms with Crippen molar-refractivity contribution >= 4 is 0 Å². The number of hydrogen-bond donors (Lipinski definition) is 1. The second kappa shape index (κ2) is 6.61. The van der Waals surface area contributed by atoms with Crippen LogP contribution in [-0.4, -0.2) is 12.7 Å². The van der Waals surface area contributed by atoms with Crippen LogP contribution in [0.25, 0.3) is 0 Å². The zero-order chi connectivity index (χ0) is 15.4. The van der Waals surface area contributed by atoms with Gasteiger partial charge in [0.1, 0.15) is 0 Å². The summed E-state index contributed by atoms with van der Waals surface area (Å²) in [5.74, 6) is 0.293. The summed E-state index contributed by atoms with van der Waals surface area (Å²) in [5, 5.41) is 3.08. The molecule has 1 rings (SSSR count). The molecule has 2 unspecified atom stereocenters. The SMILES string of the molecule is CC(CNC(CC(F)(F)F)c1ccccc1)C(C)(C)C. The van der Waals surface area contributed by atoms with Crippen molar-refractivity contribution in [3.05, 3.63) is 35.9 Å². The van der Waals surface area contributed by atoms with Gasteiger partial charge in [0.25, 0.3) is 0 Å². The van der Waals surface area contributed by atoms with Crippen LogP contribution in [0, 0.1) is 11.3 Å². The van der Waals surface area contributed by atoms with Gasteiger partial charge in [0.05, 0.1) is 6.42 Å². The van der Waals surface area contributed by atoms with E-state index in [0.717, 1.165) is 0 Å². The topological polar surface area (TPSA) is 12.0 Å². The van der Waals surface area contributed by atoms with Crippen molar-refractivity contribution in [2.45, 2.75) is 46.3 Å². The Morgan fingerprint density at radius 1 is 1.05 bits per heavy atom. The van der Waals surface area contributed by atoms with Crippen LogP contribution < -0.4 is 5.32 Å². The van der Waals surface area contributed by atoms with Gasteiger partial charge in [-0.3, -0.25) is 0 Å². The molecule has 1 aromatic rings. The molecule has 1 nitrogen and oxygen atoms in total. The Morgan fingerprint density at radius 2 is 1.60 bits per heavy atom. The molecular weight excluding hydrogens is 263 g/mol. The third-order valence-electron chi connectivity index (χ3n) is 3.79. The molecule has 0 saturated carbocycles. The van der Waals surface area contributed by atoms with E-state index in [9.17, 15) is 13.2 Å². The molecule has 1 aromatic carbocycles. The summed E-state index contributed by atoms with van der Waals surface area (Å²) >= 11 is 0. The first-order valence-electron chi connectivity index (χ1n) is 6.94. The van der Waals surface area contributed by atoms with Gasteiger partial charge in [-0.1, -0.05) is 58.0 Å². The van der Waals surface area contributed by atoms with E-state index in [2.05, 4.69) is 33.0 Å². The van der Waals surface area contributed by atoms with Gasteiger partial charge in [-0.2, -0.15) is 13.2 Å². The summed E-state index contributed by atoms with van der Waals surface area (Å²) in [7, 11) is 0. The Labute approximate surface area is 119 Å². The molecule has 20 heavy (non-hydrogen) atoms. The third kappa shape index (κ3) is 5.95. The molecular formula is C16H24F3N. The molecule has 0 amide bonds. The van der Waals surface area contributed by atoms with E-state index in [4.69, 9.17) is 0 Å². The number of hydrogen-bond acceptors (Lipinski definition) is 1. The summed E-state index contributed by atoms with van der Waals surface area (Å²) in [5.41, 5.74) is 0.762. The second-order valence-corrected chi connectivity index (χ2v) is 6.46. The Kier molecular flexibility index (Phi) is 5.63. The largest absolute Gasteiger partial charge is 0.390 e. The molecule has 0 bridgehead atoms. The van der Waals surface area contributed by atoms with Crippen LogP contribution in [0.1, 0.15) is 45.7 Å². The predicted molar refractivity (Wildman–Crippen MR) is 76.5 cm³/mol. The zero-order valence-electron chi connectivity index (χ0n) is 12.6.